The van der Waals surface area contributed by atoms with Gasteiger partial charge in [-0.05, 0) is 18.1 Å². The minimum atomic E-state index is -0.566. The summed E-state index contributed by atoms with van der Waals surface area (Å²) in [5, 5.41) is 0. The third kappa shape index (κ3) is 2.65. The first-order valence-electron chi connectivity index (χ1n) is 6.11. The van der Waals surface area contributed by atoms with Gasteiger partial charge in [0.05, 0.1) is 17.7 Å². The lowest BCUT2D eigenvalue weighted by Gasteiger charge is -2.13. The molecule has 0 aromatic heterocycles. The monoisotopic (exact) mass is 261 g/mol. The third-order valence-corrected chi connectivity index (χ3v) is 2.74. The van der Waals surface area contributed by atoms with Crippen molar-refractivity contribution in [1.82, 2.24) is 4.90 Å². The minimum absolute atomic E-state index is 0.214. The fourth-order valence-corrected chi connectivity index (χ4v) is 1.82. The number of carbonyl (C=O) groups is 3. The van der Waals surface area contributed by atoms with E-state index in [-0.39, 0.29) is 19.1 Å². The van der Waals surface area contributed by atoms with E-state index in [4.69, 9.17) is 4.74 Å². The minimum Gasteiger partial charge on any atom is -0.464 e. The first kappa shape index (κ1) is 13.3. The van der Waals surface area contributed by atoms with Gasteiger partial charge in [-0.1, -0.05) is 26.0 Å². The number of hydrogen-bond acceptors (Lipinski definition) is 4. The van der Waals surface area contributed by atoms with Crippen LogP contribution in [0.15, 0.2) is 24.3 Å². The smallest absolute Gasteiger partial charge is 0.326 e. The van der Waals surface area contributed by atoms with Crippen LogP contribution in [0.5, 0.6) is 0 Å². The van der Waals surface area contributed by atoms with Crippen molar-refractivity contribution in [1.29, 1.82) is 0 Å². The van der Waals surface area contributed by atoms with Gasteiger partial charge in [-0.25, -0.2) is 0 Å². The molecule has 5 heteroatoms. The van der Waals surface area contributed by atoms with Gasteiger partial charge in [-0.15, -0.1) is 0 Å². The maximum Gasteiger partial charge on any atom is 0.326 e. The summed E-state index contributed by atoms with van der Waals surface area (Å²) in [6, 6.07) is 6.53. The molecule has 1 aromatic rings. The summed E-state index contributed by atoms with van der Waals surface area (Å²) in [7, 11) is 0. The first-order chi connectivity index (χ1) is 9.00. The number of hydrogen-bond donors (Lipinski definition) is 0. The summed E-state index contributed by atoms with van der Waals surface area (Å²) in [5.74, 6) is -1.24. The SMILES string of the molecule is CC(C)COC(=O)CN1C(=O)c2ccccc2C1=O. The molecule has 0 saturated heterocycles. The Kier molecular flexibility index (Phi) is 3.64. The van der Waals surface area contributed by atoms with Crippen molar-refractivity contribution in [2.45, 2.75) is 13.8 Å². The predicted molar refractivity (Wildman–Crippen MR) is 67.6 cm³/mol. The Morgan fingerprint density at radius 1 is 1.16 bits per heavy atom. The van der Waals surface area contributed by atoms with Crippen molar-refractivity contribution in [2.24, 2.45) is 5.92 Å². The Morgan fingerprint density at radius 3 is 2.16 bits per heavy atom. The molecule has 19 heavy (non-hydrogen) atoms. The lowest BCUT2D eigenvalue weighted by molar-refractivity contribution is -0.144. The zero-order valence-corrected chi connectivity index (χ0v) is 10.9. The molecule has 0 saturated carbocycles. The molecule has 2 rings (SSSR count). The molecule has 0 N–H and O–H groups in total. The Balaban J connectivity index is 2.06. The zero-order chi connectivity index (χ0) is 14.0. The van der Waals surface area contributed by atoms with E-state index in [0.717, 1.165) is 4.90 Å². The second-order valence-corrected chi connectivity index (χ2v) is 4.82. The lowest BCUT2D eigenvalue weighted by Crippen LogP contribution is -2.36. The van der Waals surface area contributed by atoms with Crippen molar-refractivity contribution in [3.8, 4) is 0 Å². The van der Waals surface area contributed by atoms with Gasteiger partial charge in [0.2, 0.25) is 0 Å². The molecule has 0 fully saturated rings. The molecular formula is C14H15NO4. The maximum atomic E-state index is 12.0. The summed E-state index contributed by atoms with van der Waals surface area (Å²) < 4.78 is 4.98. The van der Waals surface area contributed by atoms with E-state index in [0.29, 0.717) is 11.1 Å². The van der Waals surface area contributed by atoms with Gasteiger partial charge in [-0.2, -0.15) is 0 Å². The number of ether oxygens (including phenoxy) is 1. The van der Waals surface area contributed by atoms with E-state index in [1.54, 1.807) is 24.3 Å². The van der Waals surface area contributed by atoms with Crippen LogP contribution in [0.4, 0.5) is 0 Å². The van der Waals surface area contributed by atoms with Crippen LogP contribution in [-0.4, -0.2) is 35.8 Å². The highest BCUT2D eigenvalue weighted by Crippen LogP contribution is 2.22. The van der Waals surface area contributed by atoms with Crippen LogP contribution in [0.3, 0.4) is 0 Å². The summed E-state index contributed by atoms with van der Waals surface area (Å²) in [5.41, 5.74) is 0.674. The number of rotatable bonds is 4. The number of amides is 2. The van der Waals surface area contributed by atoms with Crippen molar-refractivity contribution >= 4 is 17.8 Å². The molecule has 0 aliphatic carbocycles. The highest BCUT2D eigenvalue weighted by molar-refractivity contribution is 6.22. The van der Waals surface area contributed by atoms with Crippen LogP contribution in [0, 0.1) is 5.92 Å². The van der Waals surface area contributed by atoms with E-state index < -0.39 is 17.8 Å². The molecule has 1 heterocycles. The van der Waals surface area contributed by atoms with Crippen molar-refractivity contribution in [3.63, 3.8) is 0 Å². The molecule has 1 aliphatic rings. The largest absolute Gasteiger partial charge is 0.464 e. The van der Waals surface area contributed by atoms with Crippen molar-refractivity contribution in [2.75, 3.05) is 13.2 Å². The van der Waals surface area contributed by atoms with E-state index in [1.807, 2.05) is 13.8 Å². The average molecular weight is 261 g/mol. The predicted octanol–water partition coefficient (Wildman–Crippen LogP) is 1.48. The highest BCUT2D eigenvalue weighted by Gasteiger charge is 2.36. The number of carbonyl (C=O) groups excluding carboxylic acids is 3. The van der Waals surface area contributed by atoms with Crippen molar-refractivity contribution in [3.05, 3.63) is 35.4 Å². The summed E-state index contributed by atoms with van der Waals surface area (Å²) in [6.07, 6.45) is 0. The van der Waals surface area contributed by atoms with Gasteiger partial charge in [0.15, 0.2) is 0 Å². The fourth-order valence-electron chi connectivity index (χ4n) is 1.82. The zero-order valence-electron chi connectivity index (χ0n) is 10.9. The van der Waals surface area contributed by atoms with Crippen LogP contribution in [0.25, 0.3) is 0 Å². The molecular weight excluding hydrogens is 246 g/mol. The molecule has 1 aliphatic heterocycles. The number of nitrogens with zero attached hydrogens (tertiary/aromatic N) is 1. The second kappa shape index (κ2) is 5.22. The first-order valence-corrected chi connectivity index (χ1v) is 6.11. The summed E-state index contributed by atoms with van der Waals surface area (Å²) >= 11 is 0. The molecule has 0 bridgehead atoms. The van der Waals surface area contributed by atoms with E-state index in [2.05, 4.69) is 0 Å². The van der Waals surface area contributed by atoms with Crippen LogP contribution in [0.2, 0.25) is 0 Å². The highest BCUT2D eigenvalue weighted by atomic mass is 16.5. The molecule has 0 atom stereocenters. The quantitative estimate of drug-likeness (QED) is 0.608. The topological polar surface area (TPSA) is 63.7 Å². The number of esters is 1. The Hall–Kier alpha value is -2.17. The Bertz CT molecular complexity index is 501. The summed E-state index contributed by atoms with van der Waals surface area (Å²) in [4.78, 5) is 36.5. The van der Waals surface area contributed by atoms with Gasteiger partial charge in [0.1, 0.15) is 6.54 Å². The molecule has 0 spiro atoms. The Morgan fingerprint density at radius 2 is 1.68 bits per heavy atom. The standard InChI is InChI=1S/C14H15NO4/c1-9(2)8-19-12(16)7-15-13(17)10-5-3-4-6-11(10)14(15)18/h3-6,9H,7-8H2,1-2H3. The molecule has 100 valence electrons. The third-order valence-electron chi connectivity index (χ3n) is 2.74. The molecule has 0 radical (unpaired) electrons. The normalized spacial score (nSPS) is 13.9. The van der Waals surface area contributed by atoms with Crippen molar-refractivity contribution < 1.29 is 19.1 Å². The summed E-state index contributed by atoms with van der Waals surface area (Å²) in [6.45, 7) is 3.77. The maximum absolute atomic E-state index is 12.0. The van der Waals surface area contributed by atoms with Crippen LogP contribution in [0.1, 0.15) is 34.6 Å². The number of benzene rings is 1. The fraction of sp³-hybridized carbons (Fsp3) is 0.357. The van der Waals surface area contributed by atoms with Gasteiger partial charge >= 0.3 is 5.97 Å². The van der Waals surface area contributed by atoms with E-state index >= 15 is 0 Å². The van der Waals surface area contributed by atoms with Gasteiger partial charge < -0.3 is 4.74 Å². The number of fused-ring (bicyclic) bond motifs is 1. The Labute approximate surface area is 111 Å². The average Bonchev–Trinajstić information content (AvgIpc) is 2.62. The molecule has 1 aromatic carbocycles. The van der Waals surface area contributed by atoms with Gasteiger partial charge in [0, 0.05) is 0 Å². The van der Waals surface area contributed by atoms with E-state index in [9.17, 15) is 14.4 Å². The van der Waals surface area contributed by atoms with Gasteiger partial charge in [0.25, 0.3) is 11.8 Å². The number of imide groups is 1. The molecule has 0 unspecified atom stereocenters. The van der Waals surface area contributed by atoms with Crippen LogP contribution >= 0.6 is 0 Å². The lowest BCUT2D eigenvalue weighted by atomic mass is 10.1. The second-order valence-electron chi connectivity index (χ2n) is 4.82. The van der Waals surface area contributed by atoms with Gasteiger partial charge in [-0.3, -0.25) is 19.3 Å². The van der Waals surface area contributed by atoms with Crippen LogP contribution in [-0.2, 0) is 9.53 Å². The molecule has 2 amide bonds. The van der Waals surface area contributed by atoms with Crippen LogP contribution < -0.4 is 0 Å². The van der Waals surface area contributed by atoms with E-state index in [1.165, 1.54) is 0 Å². The molecule has 5 nitrogen and oxygen atoms in total.